The second kappa shape index (κ2) is 6.00. The van der Waals surface area contributed by atoms with Gasteiger partial charge in [0.15, 0.2) is 0 Å². The Morgan fingerprint density at radius 1 is 1.05 bits per heavy atom. The summed E-state index contributed by atoms with van der Waals surface area (Å²) < 4.78 is 0. The van der Waals surface area contributed by atoms with E-state index in [4.69, 9.17) is 0 Å². The van der Waals surface area contributed by atoms with E-state index in [-0.39, 0.29) is 11.7 Å². The number of carbonyl (C=O) groups is 1. The molecule has 0 unspecified atom stereocenters. The van der Waals surface area contributed by atoms with Crippen LogP contribution in [0.25, 0.3) is 0 Å². The van der Waals surface area contributed by atoms with E-state index in [0.29, 0.717) is 0 Å². The molecule has 3 aromatic rings. The lowest BCUT2D eigenvalue weighted by Gasteiger charge is -2.10. The zero-order valence-electron chi connectivity index (χ0n) is 11.3. The lowest BCUT2D eigenvalue weighted by atomic mass is 10.0. The molecule has 0 aliphatic rings. The van der Waals surface area contributed by atoms with Gasteiger partial charge in [-0.2, -0.15) is 5.10 Å². The Morgan fingerprint density at radius 2 is 1.81 bits per heavy atom. The number of nitrogens with one attached hydrogen (secondary N) is 2. The fraction of sp³-hybridized carbons (Fsp3) is 0.0625. The molecule has 2 N–H and O–H groups in total. The Balaban J connectivity index is 1.81. The van der Waals surface area contributed by atoms with Crippen LogP contribution in [-0.4, -0.2) is 21.1 Å². The number of anilines is 1. The van der Waals surface area contributed by atoms with Gasteiger partial charge in [0.2, 0.25) is 5.82 Å². The zero-order valence-corrected chi connectivity index (χ0v) is 11.3. The van der Waals surface area contributed by atoms with E-state index >= 15 is 0 Å². The first kappa shape index (κ1) is 13.1. The monoisotopic (exact) mass is 278 g/mol. The maximum atomic E-state index is 12.0. The highest BCUT2D eigenvalue weighted by atomic mass is 16.2. The van der Waals surface area contributed by atoms with E-state index < -0.39 is 0 Å². The Bertz CT molecular complexity index is 723. The van der Waals surface area contributed by atoms with Gasteiger partial charge in [0.25, 0.3) is 5.91 Å². The van der Waals surface area contributed by atoms with Gasteiger partial charge in [-0.15, -0.1) is 0 Å². The van der Waals surface area contributed by atoms with Crippen LogP contribution in [0.15, 0.2) is 60.9 Å². The van der Waals surface area contributed by atoms with Gasteiger partial charge in [-0.1, -0.05) is 48.5 Å². The normalized spacial score (nSPS) is 10.3. The van der Waals surface area contributed by atoms with E-state index in [0.717, 1.165) is 17.7 Å². The van der Waals surface area contributed by atoms with Crippen LogP contribution in [0.4, 0.5) is 5.69 Å². The molecule has 0 radical (unpaired) electrons. The molecule has 0 aliphatic carbocycles. The first-order valence-corrected chi connectivity index (χ1v) is 6.61. The van der Waals surface area contributed by atoms with Crippen LogP contribution in [0.5, 0.6) is 0 Å². The summed E-state index contributed by atoms with van der Waals surface area (Å²) in [5, 5.41) is 9.09. The summed E-state index contributed by atoms with van der Waals surface area (Å²) in [5.74, 6) is -0.0995. The smallest absolute Gasteiger partial charge is 0.292 e. The molecule has 3 rings (SSSR count). The van der Waals surface area contributed by atoms with Crippen molar-refractivity contribution in [3.05, 3.63) is 77.9 Å². The van der Waals surface area contributed by atoms with Gasteiger partial charge in [0.1, 0.15) is 6.33 Å². The summed E-state index contributed by atoms with van der Waals surface area (Å²) in [5.41, 5.74) is 3.03. The van der Waals surface area contributed by atoms with Crippen LogP contribution in [-0.2, 0) is 6.42 Å². The maximum Gasteiger partial charge on any atom is 0.292 e. The predicted octanol–water partition coefficient (Wildman–Crippen LogP) is 2.65. The number of H-pyrrole nitrogens is 1. The molecular weight excluding hydrogens is 264 g/mol. The van der Waals surface area contributed by atoms with E-state index in [1.165, 1.54) is 11.9 Å². The standard InChI is InChI=1S/C16H14N4O/c21-16(15-17-11-18-20-15)19-14-9-5-4-8-13(14)10-12-6-2-1-3-7-12/h1-9,11H,10H2,(H,19,21)(H,17,18,20). The van der Waals surface area contributed by atoms with Crippen molar-refractivity contribution in [2.45, 2.75) is 6.42 Å². The number of amides is 1. The van der Waals surface area contributed by atoms with Gasteiger partial charge in [0, 0.05) is 5.69 Å². The molecule has 0 fully saturated rings. The first-order chi connectivity index (χ1) is 10.3. The van der Waals surface area contributed by atoms with Crippen molar-refractivity contribution in [2.24, 2.45) is 0 Å². The summed E-state index contributed by atoms with van der Waals surface area (Å²) in [4.78, 5) is 15.9. The highest BCUT2D eigenvalue weighted by Crippen LogP contribution is 2.19. The van der Waals surface area contributed by atoms with E-state index in [1.54, 1.807) is 0 Å². The van der Waals surface area contributed by atoms with Crippen LogP contribution < -0.4 is 5.32 Å². The minimum atomic E-state index is -0.298. The average Bonchev–Trinajstić information content (AvgIpc) is 3.05. The quantitative estimate of drug-likeness (QED) is 0.770. The van der Waals surface area contributed by atoms with Crippen molar-refractivity contribution in [3.8, 4) is 0 Å². The van der Waals surface area contributed by atoms with E-state index in [2.05, 4.69) is 32.6 Å². The van der Waals surface area contributed by atoms with Crippen LogP contribution in [0.1, 0.15) is 21.7 Å². The number of carbonyl (C=O) groups excluding carboxylic acids is 1. The predicted molar refractivity (Wildman–Crippen MR) is 80.0 cm³/mol. The third kappa shape index (κ3) is 3.14. The summed E-state index contributed by atoms with van der Waals surface area (Å²) in [6.07, 6.45) is 2.07. The number of para-hydroxylation sites is 1. The Morgan fingerprint density at radius 3 is 2.57 bits per heavy atom. The topological polar surface area (TPSA) is 70.7 Å². The molecule has 1 heterocycles. The largest absolute Gasteiger partial charge is 0.319 e. The molecule has 1 amide bonds. The lowest BCUT2D eigenvalue weighted by molar-refractivity contribution is 0.101. The van der Waals surface area contributed by atoms with E-state index in [1.807, 2.05) is 42.5 Å². The van der Waals surface area contributed by atoms with Gasteiger partial charge in [-0.3, -0.25) is 9.89 Å². The van der Waals surface area contributed by atoms with Crippen LogP contribution in [0.3, 0.4) is 0 Å². The molecule has 104 valence electrons. The molecule has 0 atom stereocenters. The Hall–Kier alpha value is -2.95. The van der Waals surface area contributed by atoms with Gasteiger partial charge in [-0.05, 0) is 23.6 Å². The van der Waals surface area contributed by atoms with Crippen molar-refractivity contribution in [3.63, 3.8) is 0 Å². The summed E-state index contributed by atoms with van der Waals surface area (Å²) in [6.45, 7) is 0. The van der Waals surface area contributed by atoms with Crippen molar-refractivity contribution in [1.82, 2.24) is 15.2 Å². The van der Waals surface area contributed by atoms with Crippen LogP contribution >= 0.6 is 0 Å². The minimum Gasteiger partial charge on any atom is -0.319 e. The molecule has 0 spiro atoms. The summed E-state index contributed by atoms with van der Waals surface area (Å²) >= 11 is 0. The van der Waals surface area contributed by atoms with Crippen molar-refractivity contribution >= 4 is 11.6 Å². The molecule has 21 heavy (non-hydrogen) atoms. The fourth-order valence-electron chi connectivity index (χ4n) is 2.11. The Labute approximate surface area is 122 Å². The van der Waals surface area contributed by atoms with Gasteiger partial charge >= 0.3 is 0 Å². The Kier molecular flexibility index (Phi) is 3.73. The molecule has 0 bridgehead atoms. The summed E-state index contributed by atoms with van der Waals surface area (Å²) in [6, 6.07) is 17.9. The van der Waals surface area contributed by atoms with Crippen molar-refractivity contribution in [2.75, 3.05) is 5.32 Å². The number of aromatic amines is 1. The number of rotatable bonds is 4. The average molecular weight is 278 g/mol. The second-order valence-corrected chi connectivity index (χ2v) is 4.61. The number of hydrogen-bond acceptors (Lipinski definition) is 3. The first-order valence-electron chi connectivity index (χ1n) is 6.61. The SMILES string of the molecule is O=C(Nc1ccccc1Cc1ccccc1)c1ncn[nH]1. The highest BCUT2D eigenvalue weighted by Gasteiger charge is 2.11. The third-order valence-electron chi connectivity index (χ3n) is 3.13. The fourth-order valence-corrected chi connectivity index (χ4v) is 2.11. The molecule has 2 aromatic carbocycles. The van der Waals surface area contributed by atoms with Gasteiger partial charge in [0.05, 0.1) is 0 Å². The highest BCUT2D eigenvalue weighted by molar-refractivity contribution is 6.01. The number of nitrogens with zero attached hydrogens (tertiary/aromatic N) is 2. The molecule has 5 nitrogen and oxygen atoms in total. The number of aromatic nitrogens is 3. The molecular formula is C16H14N4O. The molecule has 0 aliphatic heterocycles. The summed E-state index contributed by atoms with van der Waals surface area (Å²) in [7, 11) is 0. The van der Waals surface area contributed by atoms with Crippen LogP contribution in [0, 0.1) is 0 Å². The molecule has 0 saturated carbocycles. The molecule has 1 aromatic heterocycles. The van der Waals surface area contributed by atoms with Gasteiger partial charge < -0.3 is 5.32 Å². The minimum absolute atomic E-state index is 0.199. The maximum absolute atomic E-state index is 12.0. The van der Waals surface area contributed by atoms with E-state index in [9.17, 15) is 4.79 Å². The number of benzene rings is 2. The second-order valence-electron chi connectivity index (χ2n) is 4.61. The lowest BCUT2D eigenvalue weighted by Crippen LogP contribution is -2.15. The zero-order chi connectivity index (χ0) is 14.5. The van der Waals surface area contributed by atoms with Gasteiger partial charge in [-0.25, -0.2) is 4.98 Å². The van der Waals surface area contributed by atoms with Crippen molar-refractivity contribution < 1.29 is 4.79 Å². The van der Waals surface area contributed by atoms with Crippen molar-refractivity contribution in [1.29, 1.82) is 0 Å². The molecule has 5 heteroatoms. The third-order valence-corrected chi connectivity index (χ3v) is 3.13. The van der Waals surface area contributed by atoms with Crippen LogP contribution in [0.2, 0.25) is 0 Å². The number of hydrogen-bond donors (Lipinski definition) is 2. The molecule has 0 saturated heterocycles.